The molecule has 2 N–H and O–H groups in total. The Balaban J connectivity index is 2.05. The first-order chi connectivity index (χ1) is 8.29. The molecule has 0 aromatic carbocycles. The second kappa shape index (κ2) is 5.39. The highest BCUT2D eigenvalue weighted by molar-refractivity contribution is 5.52. The van der Waals surface area contributed by atoms with Crippen LogP contribution in [0.25, 0.3) is 0 Å². The molecule has 1 unspecified atom stereocenters. The predicted molar refractivity (Wildman–Crippen MR) is 69.1 cm³/mol. The summed E-state index contributed by atoms with van der Waals surface area (Å²) in [7, 11) is 0. The van der Waals surface area contributed by atoms with Crippen LogP contribution in [0.1, 0.15) is 25.6 Å². The zero-order valence-corrected chi connectivity index (χ0v) is 10.1. The maximum atomic E-state index is 5.35. The van der Waals surface area contributed by atoms with Gasteiger partial charge in [0.05, 0.1) is 12.3 Å². The van der Waals surface area contributed by atoms with Crippen molar-refractivity contribution in [2.75, 3.05) is 17.2 Å². The fraction of sp³-hybridized carbons (Fsp3) is 0.308. The van der Waals surface area contributed by atoms with E-state index in [4.69, 9.17) is 4.42 Å². The molecular formula is C13H17N3O. The summed E-state index contributed by atoms with van der Waals surface area (Å²) < 4.78 is 5.35. The number of pyridine rings is 1. The van der Waals surface area contributed by atoms with Gasteiger partial charge in [-0.1, -0.05) is 0 Å². The maximum Gasteiger partial charge on any atom is 0.127 e. The molecule has 0 amide bonds. The fourth-order valence-corrected chi connectivity index (χ4v) is 1.66. The van der Waals surface area contributed by atoms with Crippen LogP contribution in [0.15, 0.2) is 41.1 Å². The Hall–Kier alpha value is -1.97. The normalized spacial score (nSPS) is 12.1. The molecule has 0 aliphatic rings. The summed E-state index contributed by atoms with van der Waals surface area (Å²) in [4.78, 5) is 4.22. The third kappa shape index (κ3) is 3.00. The molecule has 2 aromatic heterocycles. The van der Waals surface area contributed by atoms with Crippen molar-refractivity contribution in [3.05, 3.63) is 42.5 Å². The van der Waals surface area contributed by atoms with E-state index in [0.717, 1.165) is 23.8 Å². The molecule has 4 nitrogen and oxygen atoms in total. The van der Waals surface area contributed by atoms with E-state index in [1.165, 1.54) is 0 Å². The lowest BCUT2D eigenvalue weighted by Crippen LogP contribution is -2.06. The molecule has 0 aliphatic carbocycles. The van der Waals surface area contributed by atoms with Gasteiger partial charge in [-0.25, -0.2) is 4.98 Å². The molecule has 1 atom stereocenters. The molecule has 4 heteroatoms. The van der Waals surface area contributed by atoms with Crippen molar-refractivity contribution in [2.45, 2.75) is 19.9 Å². The zero-order valence-electron chi connectivity index (χ0n) is 10.1. The summed E-state index contributed by atoms with van der Waals surface area (Å²) in [6.07, 6.45) is 3.47. The first-order valence-corrected chi connectivity index (χ1v) is 5.79. The Morgan fingerprint density at radius 1 is 1.41 bits per heavy atom. The average Bonchev–Trinajstić information content (AvgIpc) is 2.83. The Labute approximate surface area is 101 Å². The molecule has 0 fully saturated rings. The van der Waals surface area contributed by atoms with E-state index in [1.807, 2.05) is 31.2 Å². The van der Waals surface area contributed by atoms with E-state index in [0.29, 0.717) is 0 Å². The number of anilines is 2. The molecule has 90 valence electrons. The van der Waals surface area contributed by atoms with Crippen LogP contribution in [0.2, 0.25) is 0 Å². The first kappa shape index (κ1) is 11.5. The summed E-state index contributed by atoms with van der Waals surface area (Å²) in [6, 6.07) is 7.93. The minimum absolute atomic E-state index is 0.141. The number of rotatable bonds is 5. The van der Waals surface area contributed by atoms with E-state index in [9.17, 15) is 0 Å². The number of nitrogens with zero attached hydrogens (tertiary/aromatic N) is 1. The van der Waals surface area contributed by atoms with Crippen LogP contribution < -0.4 is 10.6 Å². The highest BCUT2D eigenvalue weighted by Gasteiger charge is 2.07. The quantitative estimate of drug-likeness (QED) is 0.829. The Morgan fingerprint density at radius 3 is 3.00 bits per heavy atom. The molecule has 0 bridgehead atoms. The smallest absolute Gasteiger partial charge is 0.127 e. The van der Waals surface area contributed by atoms with Gasteiger partial charge in [-0.2, -0.15) is 0 Å². The van der Waals surface area contributed by atoms with Crippen molar-refractivity contribution in [3.63, 3.8) is 0 Å². The van der Waals surface area contributed by atoms with Crippen molar-refractivity contribution >= 4 is 11.5 Å². The summed E-state index contributed by atoms with van der Waals surface area (Å²) in [5, 5.41) is 6.55. The predicted octanol–water partition coefficient (Wildman–Crippen LogP) is 3.28. The molecule has 0 spiro atoms. The van der Waals surface area contributed by atoms with Crippen molar-refractivity contribution in [1.29, 1.82) is 0 Å². The van der Waals surface area contributed by atoms with Crippen LogP contribution in [-0.4, -0.2) is 11.5 Å². The van der Waals surface area contributed by atoms with Crippen molar-refractivity contribution in [3.8, 4) is 0 Å². The zero-order chi connectivity index (χ0) is 12.1. The minimum Gasteiger partial charge on any atom is -0.467 e. The van der Waals surface area contributed by atoms with Crippen molar-refractivity contribution < 1.29 is 4.42 Å². The number of hydrogen-bond acceptors (Lipinski definition) is 4. The van der Waals surface area contributed by atoms with Crippen molar-refractivity contribution in [1.82, 2.24) is 4.98 Å². The fourth-order valence-electron chi connectivity index (χ4n) is 1.66. The molecular weight excluding hydrogens is 214 g/mol. The second-order valence-corrected chi connectivity index (χ2v) is 3.84. The maximum absolute atomic E-state index is 5.35. The monoisotopic (exact) mass is 231 g/mol. The standard InChI is InChI=1S/C13H17N3O/c1-3-14-13-9-11(6-7-15-13)16-10(2)12-5-4-8-17-12/h4-10H,3H2,1-2H3,(H2,14,15,16). The first-order valence-electron chi connectivity index (χ1n) is 5.79. The van der Waals surface area contributed by atoms with Gasteiger partial charge in [0, 0.05) is 24.5 Å². The lowest BCUT2D eigenvalue weighted by Gasteiger charge is -2.13. The van der Waals surface area contributed by atoms with Gasteiger partial charge in [-0.05, 0) is 32.0 Å². The molecule has 0 saturated heterocycles. The van der Waals surface area contributed by atoms with E-state index in [1.54, 1.807) is 12.5 Å². The largest absolute Gasteiger partial charge is 0.467 e. The minimum atomic E-state index is 0.141. The number of furan rings is 1. The Morgan fingerprint density at radius 2 is 2.29 bits per heavy atom. The highest BCUT2D eigenvalue weighted by Crippen LogP contribution is 2.20. The van der Waals surface area contributed by atoms with E-state index < -0.39 is 0 Å². The molecule has 2 rings (SSSR count). The summed E-state index contributed by atoms with van der Waals surface area (Å²) >= 11 is 0. The van der Waals surface area contributed by atoms with Gasteiger partial charge in [0.1, 0.15) is 11.6 Å². The van der Waals surface area contributed by atoms with Crippen LogP contribution >= 0.6 is 0 Å². The number of aromatic nitrogens is 1. The molecule has 2 heterocycles. The third-order valence-electron chi connectivity index (χ3n) is 2.47. The molecule has 0 radical (unpaired) electrons. The van der Waals surface area contributed by atoms with Gasteiger partial charge in [0.15, 0.2) is 0 Å². The van der Waals surface area contributed by atoms with Gasteiger partial charge in [-0.15, -0.1) is 0 Å². The van der Waals surface area contributed by atoms with Gasteiger partial charge >= 0.3 is 0 Å². The molecule has 0 saturated carbocycles. The molecule has 0 aliphatic heterocycles. The van der Waals surface area contributed by atoms with E-state index in [-0.39, 0.29) is 6.04 Å². The van der Waals surface area contributed by atoms with Gasteiger partial charge in [0.25, 0.3) is 0 Å². The molecule has 17 heavy (non-hydrogen) atoms. The topological polar surface area (TPSA) is 50.1 Å². The average molecular weight is 231 g/mol. The molecule has 2 aromatic rings. The van der Waals surface area contributed by atoms with Gasteiger partial charge < -0.3 is 15.1 Å². The van der Waals surface area contributed by atoms with Crippen LogP contribution in [0.5, 0.6) is 0 Å². The SMILES string of the molecule is CCNc1cc(NC(C)c2ccco2)ccn1. The van der Waals surface area contributed by atoms with Crippen LogP contribution in [-0.2, 0) is 0 Å². The van der Waals surface area contributed by atoms with Gasteiger partial charge in [-0.3, -0.25) is 0 Å². The Kier molecular flexibility index (Phi) is 3.65. The van der Waals surface area contributed by atoms with Crippen LogP contribution in [0, 0.1) is 0 Å². The number of nitrogens with one attached hydrogen (secondary N) is 2. The second-order valence-electron chi connectivity index (χ2n) is 3.84. The van der Waals surface area contributed by atoms with Gasteiger partial charge in [0.2, 0.25) is 0 Å². The van der Waals surface area contributed by atoms with E-state index in [2.05, 4.69) is 22.5 Å². The van der Waals surface area contributed by atoms with Crippen LogP contribution in [0.4, 0.5) is 11.5 Å². The summed E-state index contributed by atoms with van der Waals surface area (Å²) in [5.41, 5.74) is 1.03. The third-order valence-corrected chi connectivity index (χ3v) is 2.47. The summed E-state index contributed by atoms with van der Waals surface area (Å²) in [5.74, 6) is 1.80. The number of hydrogen-bond donors (Lipinski definition) is 2. The highest BCUT2D eigenvalue weighted by atomic mass is 16.3. The lowest BCUT2D eigenvalue weighted by atomic mass is 10.2. The Bertz CT molecular complexity index is 453. The van der Waals surface area contributed by atoms with Crippen molar-refractivity contribution in [2.24, 2.45) is 0 Å². The summed E-state index contributed by atoms with van der Waals surface area (Å²) in [6.45, 7) is 4.98. The van der Waals surface area contributed by atoms with Crippen LogP contribution in [0.3, 0.4) is 0 Å². The van der Waals surface area contributed by atoms with E-state index >= 15 is 0 Å². The lowest BCUT2D eigenvalue weighted by molar-refractivity contribution is 0.490.